The molecule has 0 aromatic heterocycles. The van der Waals surface area contributed by atoms with Crippen LogP contribution in [0.4, 0.5) is 0 Å². The number of rotatable bonds is 4. The number of hydrogen-bond donors (Lipinski definition) is 3. The molecule has 0 aromatic carbocycles. The average Bonchev–Trinajstić information content (AvgIpc) is 2.98. The van der Waals surface area contributed by atoms with Gasteiger partial charge in [0.05, 0.1) is 13.6 Å². The molecule has 0 aromatic rings. The molecule has 4 nitrogen and oxygen atoms in total. The van der Waals surface area contributed by atoms with Gasteiger partial charge in [0.15, 0.2) is 0 Å². The van der Waals surface area contributed by atoms with Crippen molar-refractivity contribution in [2.24, 2.45) is 46.3 Å². The normalized spacial score (nSPS) is 54.8. The van der Waals surface area contributed by atoms with Crippen molar-refractivity contribution in [2.45, 2.75) is 97.2 Å². The third kappa shape index (κ3) is 3.14. The topological polar surface area (TPSA) is 77.8 Å². The molecule has 4 saturated carbocycles. The molecule has 4 fully saturated rings. The molecule has 3 N–H and O–H groups in total. The van der Waals surface area contributed by atoms with Gasteiger partial charge < -0.3 is 15.3 Å². The van der Waals surface area contributed by atoms with Gasteiger partial charge >= 0.3 is 5.97 Å². The highest BCUT2D eigenvalue weighted by molar-refractivity contribution is 5.66. The highest BCUT2D eigenvalue weighted by Gasteiger charge is 2.62. The minimum atomic E-state index is -1.41. The van der Waals surface area contributed by atoms with Crippen molar-refractivity contribution in [3.05, 3.63) is 0 Å². The summed E-state index contributed by atoms with van der Waals surface area (Å²) in [7, 11) is 0. The molecule has 160 valence electrons. The predicted molar refractivity (Wildman–Crippen MR) is 109 cm³/mol. The Labute approximate surface area is 171 Å². The number of aliphatic hydroxyl groups is 2. The molecule has 0 amide bonds. The maximum absolute atomic E-state index is 11.4. The van der Waals surface area contributed by atoms with E-state index in [1.165, 1.54) is 0 Å². The van der Waals surface area contributed by atoms with E-state index in [-0.39, 0.29) is 35.2 Å². The van der Waals surface area contributed by atoms with Crippen molar-refractivity contribution in [3.8, 4) is 0 Å². The van der Waals surface area contributed by atoms with Crippen LogP contribution in [0.15, 0.2) is 0 Å². The second-order valence-corrected chi connectivity index (χ2v) is 11.2. The molecule has 4 aliphatic carbocycles. The Morgan fingerprint density at radius 3 is 2.46 bits per heavy atom. The van der Waals surface area contributed by atoms with Gasteiger partial charge in [0.2, 0.25) is 0 Å². The van der Waals surface area contributed by atoms with Crippen molar-refractivity contribution >= 4 is 5.97 Å². The van der Waals surface area contributed by atoms with E-state index in [0.29, 0.717) is 30.1 Å². The summed E-state index contributed by atoms with van der Waals surface area (Å²) in [5.74, 6) is 1.11. The van der Waals surface area contributed by atoms with Gasteiger partial charge in [0.25, 0.3) is 0 Å². The zero-order valence-electron chi connectivity index (χ0n) is 18.9. The lowest BCUT2D eigenvalue weighted by Crippen LogP contribution is -2.58. The standard InChI is InChI=1S/C24H40O4/c1-14(4-7-21(27)28)17-5-6-18-22-19(9-11-24(17,18)3)23(2)10-8-16(25)12-15(23)13-20(22)26/h14-20,22,25-26H,4-13H2,1-3H3,(H,27,28)/t14?,15-,16+,17+,18-,19?,20?,22-,23?,24?/m0/s1/i20D. The fourth-order valence-corrected chi connectivity index (χ4v) is 8.46. The molecule has 4 heteroatoms. The lowest BCUT2D eigenvalue weighted by atomic mass is 9.43. The molecule has 4 rings (SSSR count). The van der Waals surface area contributed by atoms with Gasteiger partial charge in [-0.3, -0.25) is 4.79 Å². The Kier molecular flexibility index (Phi) is 5.02. The predicted octanol–water partition coefficient (Wildman–Crippen LogP) is 4.48. The van der Waals surface area contributed by atoms with E-state index >= 15 is 0 Å². The minimum Gasteiger partial charge on any atom is -0.481 e. The number of aliphatic hydroxyl groups excluding tert-OH is 1. The fraction of sp³-hybridized carbons (Fsp3) is 0.958. The van der Waals surface area contributed by atoms with Crippen LogP contribution < -0.4 is 0 Å². The van der Waals surface area contributed by atoms with Crippen LogP contribution in [0, 0.1) is 46.3 Å². The smallest absolute Gasteiger partial charge is 0.303 e. The van der Waals surface area contributed by atoms with Gasteiger partial charge in [0.1, 0.15) is 0 Å². The van der Waals surface area contributed by atoms with Crippen molar-refractivity contribution in [3.63, 3.8) is 0 Å². The molecular formula is C24H40O4. The molecule has 5 unspecified atom stereocenters. The Morgan fingerprint density at radius 1 is 1.07 bits per heavy atom. The minimum absolute atomic E-state index is 0.00872. The van der Waals surface area contributed by atoms with Crippen LogP contribution in [-0.4, -0.2) is 33.5 Å². The van der Waals surface area contributed by atoms with E-state index in [0.717, 1.165) is 51.4 Å². The van der Waals surface area contributed by atoms with E-state index in [2.05, 4.69) is 20.8 Å². The molecule has 0 bridgehead atoms. The molecule has 0 heterocycles. The summed E-state index contributed by atoms with van der Waals surface area (Å²) in [5.41, 5.74) is 0.233. The monoisotopic (exact) mass is 393 g/mol. The zero-order valence-corrected chi connectivity index (χ0v) is 17.9. The van der Waals surface area contributed by atoms with Crippen molar-refractivity contribution in [1.29, 1.82) is 0 Å². The highest BCUT2D eigenvalue weighted by atomic mass is 16.4. The maximum atomic E-state index is 11.4. The van der Waals surface area contributed by atoms with Crippen LogP contribution in [0.2, 0.25) is 0 Å². The summed E-state index contributed by atoms with van der Waals surface area (Å²) >= 11 is 0. The van der Waals surface area contributed by atoms with Gasteiger partial charge in [-0.15, -0.1) is 0 Å². The van der Waals surface area contributed by atoms with E-state index in [1.807, 2.05) is 0 Å². The van der Waals surface area contributed by atoms with E-state index < -0.39 is 12.0 Å². The van der Waals surface area contributed by atoms with Gasteiger partial charge in [0, 0.05) is 6.42 Å². The van der Waals surface area contributed by atoms with E-state index in [4.69, 9.17) is 6.48 Å². The molecular weight excluding hydrogens is 352 g/mol. The summed E-state index contributed by atoms with van der Waals surface area (Å²) in [4.78, 5) is 11.1. The molecule has 28 heavy (non-hydrogen) atoms. The molecule has 0 radical (unpaired) electrons. The quantitative estimate of drug-likeness (QED) is 0.658. The molecule has 4 aliphatic rings. The number of fused-ring (bicyclic) bond motifs is 5. The maximum Gasteiger partial charge on any atom is 0.303 e. The van der Waals surface area contributed by atoms with Gasteiger partial charge in [-0.25, -0.2) is 0 Å². The molecule has 10 atom stereocenters. The highest BCUT2D eigenvalue weighted by Crippen LogP contribution is 2.68. The fourth-order valence-electron chi connectivity index (χ4n) is 8.46. The van der Waals surface area contributed by atoms with Crippen molar-refractivity contribution in [1.82, 2.24) is 0 Å². The summed E-state index contributed by atoms with van der Waals surface area (Å²) in [6, 6.07) is 0. The molecule has 0 spiro atoms. The van der Waals surface area contributed by atoms with Crippen LogP contribution in [0.25, 0.3) is 0 Å². The Bertz CT molecular complexity index is 651. The lowest BCUT2D eigenvalue weighted by molar-refractivity contribution is -0.174. The number of aliphatic carboxylic acids is 1. The first-order chi connectivity index (χ1) is 13.5. The summed E-state index contributed by atoms with van der Waals surface area (Å²) in [5, 5.41) is 30.7. The second-order valence-electron chi connectivity index (χ2n) is 11.2. The Morgan fingerprint density at radius 2 is 1.75 bits per heavy atom. The van der Waals surface area contributed by atoms with E-state index in [1.54, 1.807) is 0 Å². The third-order valence-electron chi connectivity index (χ3n) is 10.0. The first kappa shape index (κ1) is 19.4. The largest absolute Gasteiger partial charge is 0.481 e. The van der Waals surface area contributed by atoms with Gasteiger partial charge in [-0.1, -0.05) is 20.8 Å². The zero-order chi connectivity index (χ0) is 21.2. The summed E-state index contributed by atoms with van der Waals surface area (Å²) in [6.07, 6.45) is 6.70. The number of carboxylic acids is 1. The number of hydrogen-bond acceptors (Lipinski definition) is 3. The Balaban J connectivity index is 1.60. The first-order valence-electron chi connectivity index (χ1n) is 12.1. The number of carboxylic acid groups (broad SMARTS) is 1. The average molecular weight is 394 g/mol. The lowest BCUT2D eigenvalue weighted by Gasteiger charge is -2.62. The van der Waals surface area contributed by atoms with Crippen LogP contribution >= 0.6 is 0 Å². The van der Waals surface area contributed by atoms with Gasteiger partial charge in [-0.2, -0.15) is 0 Å². The molecule has 0 saturated heterocycles. The third-order valence-corrected chi connectivity index (χ3v) is 10.0. The van der Waals surface area contributed by atoms with Gasteiger partial charge in [-0.05, 0) is 104 Å². The Hall–Kier alpha value is -0.610. The van der Waals surface area contributed by atoms with E-state index in [9.17, 15) is 15.0 Å². The molecule has 0 aliphatic heterocycles. The number of carbonyl (C=O) groups is 1. The van der Waals surface area contributed by atoms with Crippen molar-refractivity contribution in [2.75, 3.05) is 0 Å². The van der Waals surface area contributed by atoms with Crippen LogP contribution in [0.3, 0.4) is 0 Å². The summed E-state index contributed by atoms with van der Waals surface area (Å²) < 4.78 is 8.97. The van der Waals surface area contributed by atoms with Crippen LogP contribution in [-0.2, 0) is 4.79 Å². The van der Waals surface area contributed by atoms with Crippen LogP contribution in [0.1, 0.15) is 86.4 Å². The van der Waals surface area contributed by atoms with Crippen molar-refractivity contribution < 1.29 is 21.5 Å². The first-order valence-corrected chi connectivity index (χ1v) is 11.6. The van der Waals surface area contributed by atoms with Crippen LogP contribution in [0.5, 0.6) is 0 Å². The second kappa shape index (κ2) is 7.27. The summed E-state index contributed by atoms with van der Waals surface area (Å²) in [6.45, 7) is 6.96. The SMILES string of the molecule is [2H]C1(O)C[C@@H]2C[C@H](O)CCC2(C)C2CCC3(C)[C@@H](C(C)CCC(=O)O)CC[C@H]3[C@@H]21.